The predicted octanol–water partition coefficient (Wildman–Crippen LogP) is 4.41. The van der Waals surface area contributed by atoms with Crippen LogP contribution < -0.4 is 4.90 Å². The zero-order valence-corrected chi connectivity index (χ0v) is 20.8. The summed E-state index contributed by atoms with van der Waals surface area (Å²) in [4.78, 5) is 2.49. The van der Waals surface area contributed by atoms with Gasteiger partial charge in [-0.05, 0) is 48.9 Å². The molecule has 5 heterocycles. The maximum absolute atomic E-state index is 12.1. The molecule has 5 heteroatoms. The van der Waals surface area contributed by atoms with Gasteiger partial charge in [0.05, 0.1) is 30.1 Å². The van der Waals surface area contributed by atoms with Crippen molar-refractivity contribution in [1.82, 2.24) is 0 Å². The molecule has 4 nitrogen and oxygen atoms in total. The largest absolute Gasteiger partial charge is 0.392 e. The van der Waals surface area contributed by atoms with Gasteiger partial charge in [0.25, 0.3) is 0 Å². The van der Waals surface area contributed by atoms with Gasteiger partial charge in [0.2, 0.25) is 0 Å². The SMILES string of the molecule is CCCCCC[N+]12[C@H]3CC45c6cc(Br)ccc6N(C)[C@H]4[C@@H]1CC(C3C5O)[C@@H](CC)[C@@H]2O. The molecule has 0 aromatic heterocycles. The fraction of sp³-hybridized carbons (Fsp3) is 0.769. The van der Waals surface area contributed by atoms with E-state index in [1.165, 1.54) is 43.4 Å². The highest BCUT2D eigenvalue weighted by Gasteiger charge is 2.82. The fourth-order valence-electron chi connectivity index (χ4n) is 9.67. The topological polar surface area (TPSA) is 43.7 Å². The quantitative estimate of drug-likeness (QED) is 0.459. The van der Waals surface area contributed by atoms with E-state index in [0.717, 1.165) is 28.3 Å². The molecule has 0 radical (unpaired) electrons. The lowest BCUT2D eigenvalue weighted by atomic mass is 9.60. The van der Waals surface area contributed by atoms with E-state index in [4.69, 9.17) is 0 Å². The molecule has 10 atom stereocenters. The Balaban J connectivity index is 1.51. The first-order chi connectivity index (χ1) is 14.9. The van der Waals surface area contributed by atoms with Crippen molar-refractivity contribution >= 4 is 21.6 Å². The number of hydrogen-bond donors (Lipinski definition) is 2. The zero-order chi connectivity index (χ0) is 21.7. The molecule has 170 valence electrons. The lowest BCUT2D eigenvalue weighted by molar-refractivity contribution is -1.04. The van der Waals surface area contributed by atoms with Crippen molar-refractivity contribution in [3.05, 3.63) is 28.2 Å². The molecule has 31 heavy (non-hydrogen) atoms. The second-order valence-corrected chi connectivity index (χ2v) is 12.2. The zero-order valence-electron chi connectivity index (χ0n) is 19.2. The Bertz CT molecular complexity index is 894. The third-order valence-electron chi connectivity index (χ3n) is 10.6. The van der Waals surface area contributed by atoms with E-state index in [9.17, 15) is 10.2 Å². The number of aliphatic hydroxyl groups excluding tert-OH is 2. The summed E-state index contributed by atoms with van der Waals surface area (Å²) >= 11 is 3.72. The van der Waals surface area contributed by atoms with Crippen LogP contribution in [0.1, 0.15) is 64.4 Å². The van der Waals surface area contributed by atoms with E-state index in [1.54, 1.807) is 0 Å². The number of piperidine rings is 4. The number of unbranched alkanes of at least 4 members (excludes halogenated alkanes) is 3. The summed E-state index contributed by atoms with van der Waals surface area (Å²) in [5.41, 5.74) is 2.48. The van der Waals surface area contributed by atoms with Gasteiger partial charge in [-0.25, -0.2) is 0 Å². The third kappa shape index (κ3) is 2.28. The molecule has 2 N–H and O–H groups in total. The van der Waals surface area contributed by atoms with Crippen molar-refractivity contribution in [2.75, 3.05) is 18.5 Å². The van der Waals surface area contributed by atoms with Crippen molar-refractivity contribution in [3.63, 3.8) is 0 Å². The Morgan fingerprint density at radius 1 is 1.16 bits per heavy atom. The maximum atomic E-state index is 12.1. The van der Waals surface area contributed by atoms with Crippen molar-refractivity contribution in [2.45, 2.75) is 94.7 Å². The van der Waals surface area contributed by atoms with Crippen LogP contribution in [0.25, 0.3) is 0 Å². The number of likely N-dealkylation sites (N-methyl/N-ethyl adjacent to an activating group) is 1. The van der Waals surface area contributed by atoms with Gasteiger partial charge in [0.15, 0.2) is 6.23 Å². The van der Waals surface area contributed by atoms with Crippen molar-refractivity contribution < 1.29 is 14.7 Å². The Kier molecular flexibility index (Phi) is 4.69. The molecule has 6 aliphatic rings. The smallest absolute Gasteiger partial charge is 0.194 e. The summed E-state index contributed by atoms with van der Waals surface area (Å²) < 4.78 is 1.99. The van der Waals surface area contributed by atoms with Gasteiger partial charge in [0.1, 0.15) is 6.04 Å². The molecule has 1 aromatic carbocycles. The molecular formula is C26H38BrN2O2+. The molecule has 4 saturated heterocycles. The van der Waals surface area contributed by atoms with E-state index in [2.05, 4.69) is 59.9 Å². The summed E-state index contributed by atoms with van der Waals surface area (Å²) in [6.07, 6.45) is 7.66. The molecule has 5 bridgehead atoms. The molecule has 1 aromatic rings. The van der Waals surface area contributed by atoms with Crippen LogP contribution >= 0.6 is 15.9 Å². The van der Waals surface area contributed by atoms with Crippen LogP contribution in [-0.2, 0) is 5.41 Å². The molecule has 7 rings (SSSR count). The number of fused-ring (bicyclic) bond motifs is 2. The number of benzene rings is 1. The van der Waals surface area contributed by atoms with Crippen LogP contribution in [-0.4, -0.2) is 58.7 Å². The van der Waals surface area contributed by atoms with Gasteiger partial charge in [-0.15, -0.1) is 0 Å². The summed E-state index contributed by atoms with van der Waals surface area (Å²) in [5.74, 6) is 1.13. The van der Waals surface area contributed by atoms with Crippen LogP contribution in [0.5, 0.6) is 0 Å². The van der Waals surface area contributed by atoms with Gasteiger partial charge in [-0.1, -0.05) is 42.6 Å². The minimum Gasteiger partial charge on any atom is -0.392 e. The van der Waals surface area contributed by atoms with Crippen molar-refractivity contribution in [1.29, 1.82) is 0 Å². The minimum absolute atomic E-state index is 0.171. The van der Waals surface area contributed by atoms with Gasteiger partial charge in [0, 0.05) is 41.9 Å². The molecule has 1 aliphatic carbocycles. The Morgan fingerprint density at radius 3 is 2.71 bits per heavy atom. The summed E-state index contributed by atoms with van der Waals surface area (Å²) in [6.45, 7) is 5.61. The van der Waals surface area contributed by atoms with Crippen LogP contribution in [0, 0.1) is 17.8 Å². The second kappa shape index (κ2) is 6.94. The number of rotatable bonds is 6. The van der Waals surface area contributed by atoms with E-state index in [1.807, 2.05) is 0 Å². The lowest BCUT2D eigenvalue weighted by Crippen LogP contribution is -2.83. The first kappa shape index (κ1) is 20.9. The highest BCUT2D eigenvalue weighted by molar-refractivity contribution is 9.10. The van der Waals surface area contributed by atoms with E-state index in [-0.39, 0.29) is 23.8 Å². The fourth-order valence-corrected chi connectivity index (χ4v) is 10.0. The first-order valence-corrected chi connectivity index (χ1v) is 13.5. The Morgan fingerprint density at radius 2 is 1.97 bits per heavy atom. The van der Waals surface area contributed by atoms with Crippen molar-refractivity contribution in [3.8, 4) is 0 Å². The summed E-state index contributed by atoms with van der Waals surface area (Å²) in [5, 5.41) is 24.0. The number of halogens is 1. The predicted molar refractivity (Wildman–Crippen MR) is 127 cm³/mol. The molecule has 5 fully saturated rings. The average molecular weight is 491 g/mol. The standard InChI is InChI=1S/C26H38BrN2O2/c1-4-6-7-8-11-29-20-13-17(16(5-2)25(29)31)22-21(29)14-26(24(22)30)18-12-15(27)9-10-19(18)28(3)23(20)26/h9-10,12,16-17,20-25,30-31H,4-8,11,13-14H2,1-3H3/q+1/t16-,17?,20+,21+,22?,23+,24?,25+,26?,29?/m1/s1. The average Bonchev–Trinajstić information content (AvgIpc) is 3.13. The molecule has 1 spiro atoms. The van der Waals surface area contributed by atoms with Gasteiger partial charge >= 0.3 is 0 Å². The van der Waals surface area contributed by atoms with E-state index < -0.39 is 0 Å². The number of anilines is 1. The number of nitrogens with zero attached hydrogens (tertiary/aromatic N) is 2. The van der Waals surface area contributed by atoms with Gasteiger partial charge in [-0.2, -0.15) is 0 Å². The molecule has 5 aliphatic heterocycles. The van der Waals surface area contributed by atoms with Crippen LogP contribution in [0.4, 0.5) is 5.69 Å². The van der Waals surface area contributed by atoms with E-state index in [0.29, 0.717) is 29.8 Å². The van der Waals surface area contributed by atoms with Gasteiger partial charge in [-0.3, -0.25) is 4.48 Å². The normalized spacial score (nSPS) is 48.4. The van der Waals surface area contributed by atoms with Crippen LogP contribution in [0.3, 0.4) is 0 Å². The highest BCUT2D eigenvalue weighted by atomic mass is 79.9. The van der Waals surface area contributed by atoms with Crippen LogP contribution in [0.15, 0.2) is 22.7 Å². The van der Waals surface area contributed by atoms with Gasteiger partial charge < -0.3 is 15.1 Å². The number of aliphatic hydroxyl groups is 2. The molecule has 1 saturated carbocycles. The first-order valence-electron chi connectivity index (χ1n) is 12.7. The Hall–Kier alpha value is -0.620. The summed E-state index contributed by atoms with van der Waals surface area (Å²) in [6, 6.07) is 7.80. The maximum Gasteiger partial charge on any atom is 0.194 e. The number of hydrogen-bond acceptors (Lipinski definition) is 3. The minimum atomic E-state index is -0.298. The van der Waals surface area contributed by atoms with Crippen LogP contribution in [0.2, 0.25) is 0 Å². The number of quaternary nitrogens is 1. The molecule has 0 amide bonds. The second-order valence-electron chi connectivity index (χ2n) is 11.3. The third-order valence-corrected chi connectivity index (χ3v) is 11.1. The highest BCUT2D eigenvalue weighted by Crippen LogP contribution is 2.71. The van der Waals surface area contributed by atoms with Crippen molar-refractivity contribution in [2.24, 2.45) is 17.8 Å². The molecular weight excluding hydrogens is 452 g/mol. The molecule has 5 unspecified atom stereocenters. The monoisotopic (exact) mass is 489 g/mol. The lowest BCUT2D eigenvalue weighted by Gasteiger charge is -2.68. The summed E-state index contributed by atoms with van der Waals surface area (Å²) in [7, 11) is 2.25. The van der Waals surface area contributed by atoms with E-state index >= 15 is 0 Å². The Labute approximate surface area is 195 Å².